The topological polar surface area (TPSA) is 59.8 Å². The first-order valence-corrected chi connectivity index (χ1v) is 9.16. The van der Waals surface area contributed by atoms with E-state index in [1.165, 1.54) is 11.8 Å². The minimum Gasteiger partial charge on any atom is -0.322 e. The molecule has 0 radical (unpaired) electrons. The molecule has 3 aromatic rings. The van der Waals surface area contributed by atoms with Crippen molar-refractivity contribution in [3.05, 3.63) is 76.1 Å². The summed E-state index contributed by atoms with van der Waals surface area (Å²) in [5.41, 5.74) is 4.82. The zero-order valence-corrected chi connectivity index (χ0v) is 15.9. The number of nitrogens with zero attached hydrogens (tertiary/aromatic N) is 3. The number of amides is 1. The Kier molecular flexibility index (Phi) is 4.54. The van der Waals surface area contributed by atoms with Crippen LogP contribution in [0.25, 0.3) is 11.0 Å². The third kappa shape index (κ3) is 3.38. The highest BCUT2D eigenvalue weighted by atomic mass is 35.5. The van der Waals surface area contributed by atoms with E-state index in [-0.39, 0.29) is 5.91 Å². The van der Waals surface area contributed by atoms with Gasteiger partial charge in [-0.3, -0.25) is 4.79 Å². The van der Waals surface area contributed by atoms with Crippen molar-refractivity contribution in [3.63, 3.8) is 0 Å². The Balaban J connectivity index is 1.67. The second-order valence-corrected chi connectivity index (χ2v) is 7.04. The number of fused-ring (bicyclic) bond motifs is 1. The van der Waals surface area contributed by atoms with Gasteiger partial charge in [-0.2, -0.15) is 5.10 Å². The highest BCUT2D eigenvalue weighted by molar-refractivity contribution is 6.39. The number of allylic oxidation sites excluding steroid dienone is 4. The van der Waals surface area contributed by atoms with Crippen LogP contribution in [-0.4, -0.2) is 20.7 Å². The Morgan fingerprint density at radius 3 is 2.74 bits per heavy atom. The molecule has 2 heterocycles. The van der Waals surface area contributed by atoms with E-state index in [1.54, 1.807) is 0 Å². The zero-order chi connectivity index (χ0) is 19.0. The number of hydrogen-bond donors (Lipinski definition) is 1. The van der Waals surface area contributed by atoms with Crippen molar-refractivity contribution in [2.45, 2.75) is 26.8 Å². The van der Waals surface area contributed by atoms with Gasteiger partial charge in [-0.25, -0.2) is 9.67 Å². The molecule has 1 aliphatic rings. The summed E-state index contributed by atoms with van der Waals surface area (Å²) in [6, 6.07) is 7.61. The number of rotatable bonds is 4. The van der Waals surface area contributed by atoms with Gasteiger partial charge in [0.15, 0.2) is 5.65 Å². The first-order chi connectivity index (χ1) is 13.0. The number of hydrogen-bond acceptors (Lipinski definition) is 3. The lowest BCUT2D eigenvalue weighted by molar-refractivity contribution is 0.102. The molecule has 0 atom stereocenters. The standard InChI is InChI=1S/C21H19ClN4O/c1-13-7-9-16(10-8-13)24-21(27)17-11-23-20-18(19(17)22)14(2)25-26(20)12-15-5-3-4-6-15/h3,5-11H,4,12H2,1-2H3,(H,24,27). The van der Waals surface area contributed by atoms with Gasteiger partial charge in [0.05, 0.1) is 28.2 Å². The first-order valence-electron chi connectivity index (χ1n) is 8.78. The Morgan fingerprint density at radius 1 is 1.26 bits per heavy atom. The third-order valence-electron chi connectivity index (χ3n) is 4.61. The van der Waals surface area contributed by atoms with Crippen molar-refractivity contribution in [2.24, 2.45) is 0 Å². The van der Waals surface area contributed by atoms with Crippen LogP contribution in [-0.2, 0) is 6.54 Å². The van der Waals surface area contributed by atoms with Crippen LogP contribution in [0.3, 0.4) is 0 Å². The summed E-state index contributed by atoms with van der Waals surface area (Å²) < 4.78 is 1.83. The number of anilines is 1. The van der Waals surface area contributed by atoms with Crippen molar-refractivity contribution in [3.8, 4) is 0 Å². The summed E-state index contributed by atoms with van der Waals surface area (Å²) in [5.74, 6) is -0.285. The number of aromatic nitrogens is 3. The molecule has 5 nitrogen and oxygen atoms in total. The lowest BCUT2D eigenvalue weighted by atomic mass is 10.1. The lowest BCUT2D eigenvalue weighted by Crippen LogP contribution is -2.13. The maximum atomic E-state index is 12.7. The van der Waals surface area contributed by atoms with Gasteiger partial charge in [-0.1, -0.05) is 47.5 Å². The maximum absolute atomic E-state index is 12.7. The molecule has 6 heteroatoms. The van der Waals surface area contributed by atoms with Crippen LogP contribution in [0.4, 0.5) is 5.69 Å². The lowest BCUT2D eigenvalue weighted by Gasteiger charge is -2.08. The molecular formula is C21H19ClN4O. The molecule has 4 rings (SSSR count). The van der Waals surface area contributed by atoms with Gasteiger partial charge in [0, 0.05) is 11.9 Å². The number of pyridine rings is 1. The molecule has 0 bridgehead atoms. The number of carbonyl (C=O) groups is 1. The van der Waals surface area contributed by atoms with Crippen LogP contribution in [0.15, 0.2) is 54.3 Å². The summed E-state index contributed by atoms with van der Waals surface area (Å²) in [7, 11) is 0. The molecule has 0 saturated heterocycles. The van der Waals surface area contributed by atoms with Crippen molar-refractivity contribution >= 4 is 34.2 Å². The van der Waals surface area contributed by atoms with E-state index < -0.39 is 0 Å². The Bertz CT molecular complexity index is 1090. The number of halogens is 1. The fourth-order valence-corrected chi connectivity index (χ4v) is 3.53. The molecule has 136 valence electrons. The summed E-state index contributed by atoms with van der Waals surface area (Å²) in [5, 5.41) is 8.54. The predicted molar refractivity (Wildman–Crippen MR) is 108 cm³/mol. The van der Waals surface area contributed by atoms with Crippen molar-refractivity contribution in [1.29, 1.82) is 0 Å². The quantitative estimate of drug-likeness (QED) is 0.706. The van der Waals surface area contributed by atoms with E-state index in [1.807, 2.05) is 42.8 Å². The van der Waals surface area contributed by atoms with E-state index in [4.69, 9.17) is 11.6 Å². The van der Waals surface area contributed by atoms with Crippen LogP contribution >= 0.6 is 11.6 Å². The molecule has 0 saturated carbocycles. The minimum atomic E-state index is -0.285. The molecule has 0 aliphatic heterocycles. The largest absolute Gasteiger partial charge is 0.322 e. The Labute approximate surface area is 162 Å². The maximum Gasteiger partial charge on any atom is 0.258 e. The van der Waals surface area contributed by atoms with Crippen LogP contribution in [0, 0.1) is 13.8 Å². The van der Waals surface area contributed by atoms with Gasteiger partial charge >= 0.3 is 0 Å². The van der Waals surface area contributed by atoms with Gasteiger partial charge in [0.2, 0.25) is 0 Å². The summed E-state index contributed by atoms with van der Waals surface area (Å²) in [4.78, 5) is 17.2. The second kappa shape index (κ2) is 7.00. The molecule has 1 aliphatic carbocycles. The van der Waals surface area contributed by atoms with Crippen LogP contribution in [0.5, 0.6) is 0 Å². The Morgan fingerprint density at radius 2 is 2.04 bits per heavy atom. The number of carbonyl (C=O) groups excluding carboxylic acids is 1. The third-order valence-corrected chi connectivity index (χ3v) is 5.00. The molecule has 0 fully saturated rings. The summed E-state index contributed by atoms with van der Waals surface area (Å²) >= 11 is 6.58. The van der Waals surface area contributed by atoms with E-state index in [0.717, 1.165) is 23.1 Å². The van der Waals surface area contributed by atoms with Crippen LogP contribution < -0.4 is 5.32 Å². The number of benzene rings is 1. The average molecular weight is 379 g/mol. The molecule has 1 amide bonds. The Hall–Kier alpha value is -2.92. The van der Waals surface area contributed by atoms with E-state index >= 15 is 0 Å². The molecule has 2 aromatic heterocycles. The SMILES string of the molecule is Cc1ccc(NC(=O)c2cnc3c(c(C)nn3CC3=CCC=C3)c2Cl)cc1. The number of nitrogens with one attached hydrogen (secondary N) is 1. The van der Waals surface area contributed by atoms with E-state index in [9.17, 15) is 4.79 Å². The summed E-state index contributed by atoms with van der Waals surface area (Å²) in [6.07, 6.45) is 8.83. The monoisotopic (exact) mass is 378 g/mol. The van der Waals surface area contributed by atoms with Gasteiger partial charge in [-0.05, 0) is 38.0 Å². The van der Waals surface area contributed by atoms with Crippen molar-refractivity contribution in [1.82, 2.24) is 14.8 Å². The smallest absolute Gasteiger partial charge is 0.258 e. The van der Waals surface area contributed by atoms with Gasteiger partial charge in [0.25, 0.3) is 5.91 Å². The first kappa shape index (κ1) is 17.5. The fourth-order valence-electron chi connectivity index (χ4n) is 3.18. The summed E-state index contributed by atoms with van der Waals surface area (Å²) in [6.45, 7) is 4.52. The molecular weight excluding hydrogens is 360 g/mol. The molecule has 1 N–H and O–H groups in total. The normalized spacial score (nSPS) is 13.2. The fraction of sp³-hybridized carbons (Fsp3) is 0.190. The molecule has 1 aromatic carbocycles. The van der Waals surface area contributed by atoms with Crippen molar-refractivity contribution in [2.75, 3.05) is 5.32 Å². The van der Waals surface area contributed by atoms with Crippen molar-refractivity contribution < 1.29 is 4.79 Å². The molecule has 0 spiro atoms. The van der Waals surface area contributed by atoms with Crippen LogP contribution in [0.2, 0.25) is 5.02 Å². The predicted octanol–water partition coefficient (Wildman–Crippen LogP) is 4.84. The van der Waals surface area contributed by atoms with Crippen LogP contribution in [0.1, 0.15) is 28.0 Å². The highest BCUT2D eigenvalue weighted by Gasteiger charge is 2.20. The minimum absolute atomic E-state index is 0.285. The number of aryl methyl sites for hydroxylation is 2. The second-order valence-electron chi connectivity index (χ2n) is 6.66. The van der Waals surface area contributed by atoms with Gasteiger partial charge < -0.3 is 5.32 Å². The molecule has 0 unspecified atom stereocenters. The zero-order valence-electron chi connectivity index (χ0n) is 15.2. The van der Waals surface area contributed by atoms with Gasteiger partial charge in [-0.15, -0.1) is 0 Å². The highest BCUT2D eigenvalue weighted by Crippen LogP contribution is 2.29. The van der Waals surface area contributed by atoms with Gasteiger partial charge in [0.1, 0.15) is 0 Å². The average Bonchev–Trinajstić information content (AvgIpc) is 3.26. The molecule has 27 heavy (non-hydrogen) atoms. The van der Waals surface area contributed by atoms with E-state index in [2.05, 4.69) is 33.6 Å². The van der Waals surface area contributed by atoms with E-state index in [0.29, 0.717) is 28.5 Å².